The molecule has 6 heteroatoms. The van der Waals surface area contributed by atoms with E-state index in [1.54, 1.807) is 20.4 Å². The van der Waals surface area contributed by atoms with Crippen LogP contribution in [0, 0.1) is 0 Å². The van der Waals surface area contributed by atoms with Crippen LogP contribution >= 0.6 is 11.6 Å². The third kappa shape index (κ3) is 2.76. The van der Waals surface area contributed by atoms with Crippen molar-refractivity contribution in [3.63, 3.8) is 0 Å². The molecule has 2 aromatic heterocycles. The highest BCUT2D eigenvalue weighted by molar-refractivity contribution is 6.30. The van der Waals surface area contributed by atoms with Gasteiger partial charge in [0.15, 0.2) is 17.1 Å². The highest BCUT2D eigenvalue weighted by Crippen LogP contribution is 2.33. The first-order chi connectivity index (χ1) is 12.7. The Morgan fingerprint density at radius 1 is 0.885 bits per heavy atom. The van der Waals surface area contributed by atoms with Gasteiger partial charge in [0.2, 0.25) is 0 Å². The predicted molar refractivity (Wildman–Crippen MR) is 102 cm³/mol. The van der Waals surface area contributed by atoms with Crippen LogP contribution in [0.25, 0.3) is 28.0 Å². The second-order valence-electron chi connectivity index (χ2n) is 5.70. The van der Waals surface area contributed by atoms with Gasteiger partial charge in [-0.2, -0.15) is 5.10 Å². The maximum atomic E-state index is 5.99. The molecule has 0 spiro atoms. The van der Waals surface area contributed by atoms with Crippen molar-refractivity contribution in [2.45, 2.75) is 0 Å². The van der Waals surface area contributed by atoms with Crippen LogP contribution in [0.3, 0.4) is 0 Å². The van der Waals surface area contributed by atoms with Gasteiger partial charge in [-0.25, -0.2) is 9.50 Å². The number of ether oxygens (including phenoxy) is 2. The monoisotopic (exact) mass is 365 g/mol. The van der Waals surface area contributed by atoms with Gasteiger partial charge < -0.3 is 9.47 Å². The molecule has 4 rings (SSSR count). The molecule has 0 N–H and O–H groups in total. The maximum absolute atomic E-state index is 5.99. The van der Waals surface area contributed by atoms with Crippen molar-refractivity contribution in [1.29, 1.82) is 0 Å². The number of aromatic nitrogens is 3. The highest BCUT2D eigenvalue weighted by atomic mass is 35.5. The summed E-state index contributed by atoms with van der Waals surface area (Å²) in [4.78, 5) is 4.51. The highest BCUT2D eigenvalue weighted by Gasteiger charge is 2.13. The van der Waals surface area contributed by atoms with Gasteiger partial charge in [-0.15, -0.1) is 0 Å². The van der Waals surface area contributed by atoms with Crippen LogP contribution < -0.4 is 9.47 Å². The van der Waals surface area contributed by atoms with Crippen LogP contribution in [0.5, 0.6) is 11.5 Å². The SMILES string of the molecule is COc1ccc(-c2ccnc3c(-c4ccc(Cl)cc4)cnn23)cc1OC. The van der Waals surface area contributed by atoms with E-state index in [9.17, 15) is 0 Å². The standard InChI is InChI=1S/C20H16ClN3O2/c1-25-18-8-5-14(11-19(18)26-2)17-9-10-22-20-16(12-23-24(17)20)13-3-6-15(21)7-4-13/h3-12H,1-2H3. The van der Waals surface area contributed by atoms with Crippen LogP contribution in [0.2, 0.25) is 5.02 Å². The van der Waals surface area contributed by atoms with Gasteiger partial charge in [0.25, 0.3) is 0 Å². The molecule has 0 aliphatic heterocycles. The summed E-state index contributed by atoms with van der Waals surface area (Å²) in [5, 5.41) is 5.24. The van der Waals surface area contributed by atoms with Gasteiger partial charge >= 0.3 is 0 Å². The Balaban J connectivity index is 1.86. The largest absolute Gasteiger partial charge is 0.493 e. The molecule has 0 radical (unpaired) electrons. The molecular weight excluding hydrogens is 350 g/mol. The van der Waals surface area contributed by atoms with E-state index in [-0.39, 0.29) is 0 Å². The summed E-state index contributed by atoms with van der Waals surface area (Å²) in [6, 6.07) is 15.3. The number of rotatable bonds is 4. The molecule has 4 aromatic rings. The molecule has 2 aromatic carbocycles. The van der Waals surface area contributed by atoms with E-state index in [1.807, 2.05) is 59.2 Å². The average molecular weight is 366 g/mol. The van der Waals surface area contributed by atoms with Crippen molar-refractivity contribution in [1.82, 2.24) is 14.6 Å². The van der Waals surface area contributed by atoms with Crippen LogP contribution in [0.4, 0.5) is 0 Å². The molecule has 0 aliphatic carbocycles. The van der Waals surface area contributed by atoms with E-state index in [0.29, 0.717) is 16.5 Å². The molecule has 0 amide bonds. The third-order valence-corrected chi connectivity index (χ3v) is 4.49. The van der Waals surface area contributed by atoms with Crippen molar-refractivity contribution in [3.8, 4) is 33.9 Å². The lowest BCUT2D eigenvalue weighted by Crippen LogP contribution is -1.97. The molecule has 0 atom stereocenters. The fourth-order valence-corrected chi connectivity index (χ4v) is 3.06. The van der Waals surface area contributed by atoms with E-state index < -0.39 is 0 Å². The summed E-state index contributed by atoms with van der Waals surface area (Å²) >= 11 is 5.99. The number of hydrogen-bond acceptors (Lipinski definition) is 4. The first kappa shape index (κ1) is 16.4. The lowest BCUT2D eigenvalue weighted by molar-refractivity contribution is 0.355. The molecule has 0 saturated heterocycles. The molecule has 26 heavy (non-hydrogen) atoms. The van der Waals surface area contributed by atoms with Crippen LogP contribution in [-0.4, -0.2) is 28.8 Å². The topological polar surface area (TPSA) is 48.7 Å². The van der Waals surface area contributed by atoms with Gasteiger partial charge in [-0.1, -0.05) is 23.7 Å². The Kier molecular flexibility index (Phi) is 4.22. The number of benzene rings is 2. The minimum Gasteiger partial charge on any atom is -0.493 e. The Morgan fingerprint density at radius 3 is 2.35 bits per heavy atom. The zero-order chi connectivity index (χ0) is 18.1. The molecule has 0 saturated carbocycles. The predicted octanol–water partition coefficient (Wildman–Crippen LogP) is 4.73. The fraction of sp³-hybridized carbons (Fsp3) is 0.100. The molecule has 2 heterocycles. The Morgan fingerprint density at radius 2 is 1.62 bits per heavy atom. The maximum Gasteiger partial charge on any atom is 0.163 e. The van der Waals surface area contributed by atoms with Gasteiger partial charge in [0.1, 0.15) is 0 Å². The zero-order valence-electron chi connectivity index (χ0n) is 14.3. The number of methoxy groups -OCH3 is 2. The van der Waals surface area contributed by atoms with Crippen molar-refractivity contribution < 1.29 is 9.47 Å². The van der Waals surface area contributed by atoms with E-state index in [1.165, 1.54) is 0 Å². The van der Waals surface area contributed by atoms with E-state index in [0.717, 1.165) is 28.0 Å². The number of nitrogens with zero attached hydrogens (tertiary/aromatic N) is 3. The zero-order valence-corrected chi connectivity index (χ0v) is 15.1. The molecule has 0 aliphatic rings. The summed E-state index contributed by atoms with van der Waals surface area (Å²) in [5.41, 5.74) is 4.61. The lowest BCUT2D eigenvalue weighted by Gasteiger charge is -2.10. The quantitative estimate of drug-likeness (QED) is 0.524. The van der Waals surface area contributed by atoms with Gasteiger partial charge in [0, 0.05) is 22.3 Å². The van der Waals surface area contributed by atoms with E-state index in [4.69, 9.17) is 21.1 Å². The van der Waals surface area contributed by atoms with Crippen molar-refractivity contribution >= 4 is 17.2 Å². The van der Waals surface area contributed by atoms with Gasteiger partial charge in [0.05, 0.1) is 26.1 Å². The Hall–Kier alpha value is -3.05. The number of fused-ring (bicyclic) bond motifs is 1. The van der Waals surface area contributed by atoms with Crippen molar-refractivity contribution in [3.05, 3.63) is 65.9 Å². The number of hydrogen-bond donors (Lipinski definition) is 0. The van der Waals surface area contributed by atoms with E-state index in [2.05, 4.69) is 10.1 Å². The minimum atomic E-state index is 0.667. The van der Waals surface area contributed by atoms with Gasteiger partial charge in [-0.3, -0.25) is 0 Å². The summed E-state index contributed by atoms with van der Waals surface area (Å²) in [5.74, 6) is 1.35. The Bertz CT molecular complexity index is 1070. The van der Waals surface area contributed by atoms with Crippen LogP contribution in [0.15, 0.2) is 60.9 Å². The summed E-state index contributed by atoms with van der Waals surface area (Å²) in [6.45, 7) is 0. The van der Waals surface area contributed by atoms with Crippen molar-refractivity contribution in [2.24, 2.45) is 0 Å². The fourth-order valence-electron chi connectivity index (χ4n) is 2.94. The molecule has 0 bridgehead atoms. The minimum absolute atomic E-state index is 0.667. The second kappa shape index (κ2) is 6.69. The number of halogens is 1. The van der Waals surface area contributed by atoms with Crippen LogP contribution in [-0.2, 0) is 0 Å². The Labute approximate surface area is 155 Å². The molecule has 0 unspecified atom stereocenters. The molecule has 130 valence electrons. The first-order valence-corrected chi connectivity index (χ1v) is 8.40. The normalized spacial score (nSPS) is 10.9. The first-order valence-electron chi connectivity index (χ1n) is 8.02. The summed E-state index contributed by atoms with van der Waals surface area (Å²) in [6.07, 6.45) is 3.60. The molecule has 5 nitrogen and oxygen atoms in total. The smallest absolute Gasteiger partial charge is 0.163 e. The third-order valence-electron chi connectivity index (χ3n) is 4.24. The molecular formula is C20H16ClN3O2. The summed E-state index contributed by atoms with van der Waals surface area (Å²) < 4.78 is 12.6. The van der Waals surface area contributed by atoms with Crippen molar-refractivity contribution in [2.75, 3.05) is 14.2 Å². The average Bonchev–Trinajstić information content (AvgIpc) is 3.12. The second-order valence-corrected chi connectivity index (χ2v) is 6.14. The van der Waals surface area contributed by atoms with E-state index >= 15 is 0 Å². The van der Waals surface area contributed by atoms with Crippen LogP contribution in [0.1, 0.15) is 0 Å². The molecule has 0 fully saturated rings. The van der Waals surface area contributed by atoms with Gasteiger partial charge in [-0.05, 0) is 42.0 Å². The summed E-state index contributed by atoms with van der Waals surface area (Å²) in [7, 11) is 3.24. The lowest BCUT2D eigenvalue weighted by atomic mass is 10.1.